The van der Waals surface area contributed by atoms with Crippen molar-refractivity contribution in [3.8, 4) is 11.5 Å². The molecule has 3 rings (SSSR count). The average Bonchev–Trinajstić information content (AvgIpc) is 2.84. The topological polar surface area (TPSA) is 65.1 Å². The van der Waals surface area contributed by atoms with Crippen molar-refractivity contribution in [2.24, 2.45) is 0 Å². The number of ether oxygens (including phenoxy) is 3. The summed E-state index contributed by atoms with van der Waals surface area (Å²) in [7, 11) is -3.57. The van der Waals surface area contributed by atoms with Crippen LogP contribution in [0, 0.1) is 0 Å². The molecular formula is C13H17NO5S. The van der Waals surface area contributed by atoms with Gasteiger partial charge in [-0.2, -0.15) is 4.31 Å². The lowest BCUT2D eigenvalue weighted by Gasteiger charge is -2.40. The van der Waals surface area contributed by atoms with Crippen LogP contribution in [0.3, 0.4) is 0 Å². The minimum absolute atomic E-state index is 0.127. The van der Waals surface area contributed by atoms with Gasteiger partial charge in [-0.3, -0.25) is 0 Å². The fraction of sp³-hybridized carbons (Fsp3) is 0.538. The molecule has 1 fully saturated rings. The Morgan fingerprint density at radius 1 is 1.20 bits per heavy atom. The largest absolute Gasteiger partial charge is 0.454 e. The SMILES string of the molecule is CC1(C)COCCN1S(=O)(=O)c1ccc2c(c1)OCO2. The van der Waals surface area contributed by atoms with Gasteiger partial charge in [-0.1, -0.05) is 0 Å². The Labute approximate surface area is 118 Å². The number of fused-ring (bicyclic) bond motifs is 1. The highest BCUT2D eigenvalue weighted by molar-refractivity contribution is 7.89. The summed E-state index contributed by atoms with van der Waals surface area (Å²) < 4.78 is 42.9. The van der Waals surface area contributed by atoms with Gasteiger partial charge in [-0.05, 0) is 26.0 Å². The molecule has 0 atom stereocenters. The van der Waals surface area contributed by atoms with Crippen LogP contribution in [0.1, 0.15) is 13.8 Å². The smallest absolute Gasteiger partial charge is 0.243 e. The molecule has 0 N–H and O–H groups in total. The number of hydrogen-bond donors (Lipinski definition) is 0. The van der Waals surface area contributed by atoms with E-state index in [1.54, 1.807) is 12.1 Å². The lowest BCUT2D eigenvalue weighted by atomic mass is 10.1. The van der Waals surface area contributed by atoms with E-state index in [2.05, 4.69) is 0 Å². The number of sulfonamides is 1. The summed E-state index contributed by atoms with van der Waals surface area (Å²) in [5, 5.41) is 0. The fourth-order valence-corrected chi connectivity index (χ4v) is 4.22. The second-order valence-electron chi connectivity index (χ2n) is 5.46. The lowest BCUT2D eigenvalue weighted by Crippen LogP contribution is -2.55. The number of nitrogens with zero attached hydrogens (tertiary/aromatic N) is 1. The second kappa shape index (κ2) is 4.61. The molecule has 6 nitrogen and oxygen atoms in total. The minimum Gasteiger partial charge on any atom is -0.454 e. The van der Waals surface area contributed by atoms with Gasteiger partial charge in [0.25, 0.3) is 0 Å². The van der Waals surface area contributed by atoms with Crippen LogP contribution in [-0.2, 0) is 14.8 Å². The zero-order chi connectivity index (χ0) is 14.4. The Balaban J connectivity index is 1.99. The van der Waals surface area contributed by atoms with E-state index < -0.39 is 15.6 Å². The minimum atomic E-state index is -3.57. The standard InChI is InChI=1S/C13H17NO5S/c1-13(2)8-17-6-5-14(13)20(15,16)10-3-4-11-12(7-10)19-9-18-11/h3-4,7H,5-6,8-9H2,1-2H3. The third-order valence-corrected chi connectivity index (χ3v) is 5.61. The van der Waals surface area contributed by atoms with Crippen molar-refractivity contribution >= 4 is 10.0 Å². The molecule has 0 saturated carbocycles. The molecule has 110 valence electrons. The van der Waals surface area contributed by atoms with E-state index in [9.17, 15) is 8.42 Å². The normalized spacial score (nSPS) is 21.9. The molecule has 0 unspecified atom stereocenters. The zero-order valence-corrected chi connectivity index (χ0v) is 12.3. The average molecular weight is 299 g/mol. The molecule has 1 saturated heterocycles. The predicted octanol–water partition coefficient (Wildman–Crippen LogP) is 1.21. The number of benzene rings is 1. The Morgan fingerprint density at radius 3 is 2.70 bits per heavy atom. The second-order valence-corrected chi connectivity index (χ2v) is 7.32. The van der Waals surface area contributed by atoms with Crippen molar-refractivity contribution in [1.29, 1.82) is 0 Å². The predicted molar refractivity (Wildman–Crippen MR) is 71.4 cm³/mol. The molecule has 7 heteroatoms. The molecule has 0 aromatic heterocycles. The van der Waals surface area contributed by atoms with Crippen molar-refractivity contribution in [3.05, 3.63) is 18.2 Å². The van der Waals surface area contributed by atoms with Gasteiger partial charge < -0.3 is 14.2 Å². The van der Waals surface area contributed by atoms with E-state index >= 15 is 0 Å². The maximum Gasteiger partial charge on any atom is 0.243 e. The fourth-order valence-electron chi connectivity index (χ4n) is 2.45. The lowest BCUT2D eigenvalue weighted by molar-refractivity contribution is -0.00771. The van der Waals surface area contributed by atoms with E-state index in [4.69, 9.17) is 14.2 Å². The van der Waals surface area contributed by atoms with Gasteiger partial charge in [0, 0.05) is 12.6 Å². The maximum atomic E-state index is 12.8. The first kappa shape index (κ1) is 13.7. The van der Waals surface area contributed by atoms with Crippen LogP contribution in [0.25, 0.3) is 0 Å². The molecule has 2 heterocycles. The van der Waals surface area contributed by atoms with Crippen molar-refractivity contribution in [2.45, 2.75) is 24.3 Å². The molecule has 20 heavy (non-hydrogen) atoms. The molecule has 1 aromatic carbocycles. The van der Waals surface area contributed by atoms with Gasteiger partial charge in [0.15, 0.2) is 11.5 Å². The third-order valence-electron chi connectivity index (χ3n) is 3.50. The summed E-state index contributed by atoms with van der Waals surface area (Å²) in [6.45, 7) is 4.99. The summed E-state index contributed by atoms with van der Waals surface area (Å²) in [4.78, 5) is 0.219. The Morgan fingerprint density at radius 2 is 1.95 bits per heavy atom. The van der Waals surface area contributed by atoms with E-state index in [1.165, 1.54) is 10.4 Å². The van der Waals surface area contributed by atoms with Gasteiger partial charge in [0.1, 0.15) is 0 Å². The first-order valence-electron chi connectivity index (χ1n) is 6.41. The summed E-state index contributed by atoms with van der Waals surface area (Å²) in [5.74, 6) is 1.04. The summed E-state index contributed by atoms with van der Waals surface area (Å²) in [6.07, 6.45) is 0. The number of morpholine rings is 1. The van der Waals surface area contributed by atoms with Crippen molar-refractivity contribution in [3.63, 3.8) is 0 Å². The van der Waals surface area contributed by atoms with Crippen molar-refractivity contribution in [1.82, 2.24) is 4.31 Å². The van der Waals surface area contributed by atoms with Gasteiger partial charge >= 0.3 is 0 Å². The molecule has 2 aliphatic rings. The quantitative estimate of drug-likeness (QED) is 0.821. The van der Waals surface area contributed by atoms with Crippen molar-refractivity contribution in [2.75, 3.05) is 26.6 Å². The van der Waals surface area contributed by atoms with Gasteiger partial charge in [0.05, 0.1) is 23.6 Å². The highest BCUT2D eigenvalue weighted by Crippen LogP contribution is 2.36. The van der Waals surface area contributed by atoms with E-state index in [1.807, 2.05) is 13.8 Å². The summed E-state index contributed by atoms with van der Waals surface area (Å²) in [5.41, 5.74) is -0.562. The zero-order valence-electron chi connectivity index (χ0n) is 11.5. The van der Waals surface area contributed by atoms with Crippen LogP contribution in [0.4, 0.5) is 0 Å². The highest BCUT2D eigenvalue weighted by Gasteiger charge is 2.40. The van der Waals surface area contributed by atoms with Crippen LogP contribution in [-0.4, -0.2) is 44.8 Å². The molecule has 2 aliphatic heterocycles. The third kappa shape index (κ3) is 2.15. The first-order valence-corrected chi connectivity index (χ1v) is 7.85. The molecule has 0 amide bonds. The summed E-state index contributed by atoms with van der Waals surface area (Å²) >= 11 is 0. The van der Waals surface area contributed by atoms with Crippen LogP contribution in [0.15, 0.2) is 23.1 Å². The molecule has 0 bridgehead atoms. The van der Waals surface area contributed by atoms with Gasteiger partial charge in [-0.15, -0.1) is 0 Å². The van der Waals surface area contributed by atoms with Crippen LogP contribution < -0.4 is 9.47 Å². The Bertz CT molecular complexity index is 626. The van der Waals surface area contributed by atoms with E-state index in [0.29, 0.717) is 31.3 Å². The molecule has 0 radical (unpaired) electrons. The maximum absolute atomic E-state index is 12.8. The van der Waals surface area contributed by atoms with E-state index in [0.717, 1.165) is 0 Å². The van der Waals surface area contributed by atoms with Gasteiger partial charge in [-0.25, -0.2) is 8.42 Å². The van der Waals surface area contributed by atoms with Crippen LogP contribution in [0.2, 0.25) is 0 Å². The number of rotatable bonds is 2. The van der Waals surface area contributed by atoms with Crippen LogP contribution >= 0.6 is 0 Å². The van der Waals surface area contributed by atoms with Crippen molar-refractivity contribution < 1.29 is 22.6 Å². The molecule has 0 spiro atoms. The monoisotopic (exact) mass is 299 g/mol. The summed E-state index contributed by atoms with van der Waals surface area (Å²) in [6, 6.07) is 4.69. The van der Waals surface area contributed by atoms with E-state index in [-0.39, 0.29) is 11.7 Å². The highest BCUT2D eigenvalue weighted by atomic mass is 32.2. The first-order chi connectivity index (χ1) is 9.41. The molecule has 0 aliphatic carbocycles. The molecular weight excluding hydrogens is 282 g/mol. The Hall–Kier alpha value is -1.31. The molecule has 1 aromatic rings. The Kier molecular flexibility index (Phi) is 3.15. The number of hydrogen-bond acceptors (Lipinski definition) is 5. The van der Waals surface area contributed by atoms with Crippen LogP contribution in [0.5, 0.6) is 11.5 Å². The van der Waals surface area contributed by atoms with Gasteiger partial charge in [0.2, 0.25) is 16.8 Å².